The van der Waals surface area contributed by atoms with Crippen molar-refractivity contribution in [3.8, 4) is 0 Å². The minimum atomic E-state index is -5.50. The number of esters is 2. The van der Waals surface area contributed by atoms with Crippen molar-refractivity contribution in [1.29, 1.82) is 0 Å². The van der Waals surface area contributed by atoms with Crippen LogP contribution in [0.25, 0.3) is 0 Å². The zero-order valence-corrected chi connectivity index (χ0v) is 57.1. The van der Waals surface area contributed by atoms with Crippen molar-refractivity contribution in [3.05, 3.63) is 0 Å². The number of carbonyl (C=O) groups excluding carboxylic acids is 4. The van der Waals surface area contributed by atoms with Crippen molar-refractivity contribution in [2.45, 2.75) is 404 Å². The molecule has 0 aliphatic carbocycles. The number of aliphatic hydroxyl groups is 6. The largest absolute Gasteiger partial charge is 0.470 e. The molecule has 2 fully saturated rings. The molecule has 4 unspecified atom stereocenters. The smallest absolute Gasteiger partial charge is 0.462 e. The van der Waals surface area contributed by atoms with Gasteiger partial charge in [0, 0.05) is 6.42 Å². The zero-order chi connectivity index (χ0) is 66.2. The van der Waals surface area contributed by atoms with Crippen LogP contribution in [0.2, 0.25) is 0 Å². The first-order valence-electron chi connectivity index (χ1n) is 36.0. The Morgan fingerprint density at radius 2 is 0.857 bits per heavy atom. The fourth-order valence-electron chi connectivity index (χ4n) is 12.2. The van der Waals surface area contributed by atoms with E-state index in [2.05, 4.69) is 38.3 Å². The van der Waals surface area contributed by atoms with Gasteiger partial charge in [0.1, 0.15) is 48.7 Å². The molecule has 10 N–H and O–H groups in total. The van der Waals surface area contributed by atoms with E-state index in [0.29, 0.717) is 38.5 Å². The van der Waals surface area contributed by atoms with Gasteiger partial charge in [-0.05, 0) is 32.1 Å². The van der Waals surface area contributed by atoms with Crippen LogP contribution in [0, 0.1) is 0 Å². The van der Waals surface area contributed by atoms with Gasteiger partial charge in [0.15, 0.2) is 18.7 Å². The molecule has 0 saturated carbocycles. The van der Waals surface area contributed by atoms with E-state index in [0.717, 1.165) is 122 Å². The third kappa shape index (κ3) is 42.0. The lowest BCUT2D eigenvalue weighted by Crippen LogP contribution is -2.67. The number of hydrogen-bond donors (Lipinski definition) is 10. The number of phosphoric ester groups is 1. The second-order valence-electron chi connectivity index (χ2n) is 26.0. The van der Waals surface area contributed by atoms with E-state index in [1.165, 1.54) is 96.3 Å². The fourth-order valence-corrected chi connectivity index (χ4v) is 12.7. The van der Waals surface area contributed by atoms with Crippen LogP contribution in [0.15, 0.2) is 0 Å². The lowest BCUT2D eigenvalue weighted by Gasteiger charge is -2.46. The lowest BCUT2D eigenvalue weighted by atomic mass is 9.95. The van der Waals surface area contributed by atoms with Gasteiger partial charge in [-0.2, -0.15) is 0 Å². The van der Waals surface area contributed by atoms with Crippen molar-refractivity contribution >= 4 is 31.6 Å². The summed E-state index contributed by atoms with van der Waals surface area (Å²) in [6, 6.07) is -3.26. The van der Waals surface area contributed by atoms with Gasteiger partial charge in [0.05, 0.1) is 44.7 Å². The summed E-state index contributed by atoms with van der Waals surface area (Å²) >= 11 is 0. The molecule has 91 heavy (non-hydrogen) atoms. The molecule has 538 valence electrons. The van der Waals surface area contributed by atoms with Gasteiger partial charge in [-0.1, -0.05) is 266 Å². The van der Waals surface area contributed by atoms with Crippen LogP contribution in [0.4, 0.5) is 0 Å². The molecule has 21 nitrogen and oxygen atoms in total. The molecular formula is C69H133N2O19P. The van der Waals surface area contributed by atoms with Gasteiger partial charge in [-0.3, -0.25) is 23.7 Å². The Hall–Kier alpha value is -2.37. The van der Waals surface area contributed by atoms with Crippen molar-refractivity contribution in [2.24, 2.45) is 0 Å². The molecule has 2 heterocycles. The molecule has 2 aliphatic rings. The zero-order valence-electron chi connectivity index (χ0n) is 56.3. The normalized spacial score (nSPS) is 22.8. The number of unbranched alkanes of at least 4 members (excludes halogenated alkanes) is 34. The number of hydrogen-bond acceptors (Lipinski definition) is 17. The molecule has 0 aromatic carbocycles. The van der Waals surface area contributed by atoms with E-state index in [1.54, 1.807) is 0 Å². The highest BCUT2D eigenvalue weighted by Gasteiger charge is 2.53. The van der Waals surface area contributed by atoms with Gasteiger partial charge < -0.3 is 74.7 Å². The van der Waals surface area contributed by atoms with E-state index in [-0.39, 0.29) is 26.7 Å². The van der Waals surface area contributed by atoms with Crippen LogP contribution in [0.5, 0.6) is 0 Å². The van der Waals surface area contributed by atoms with Crippen molar-refractivity contribution in [1.82, 2.24) is 10.6 Å². The van der Waals surface area contributed by atoms with Crippen LogP contribution in [0.1, 0.15) is 324 Å². The topological polar surface area (TPSA) is 327 Å². The summed E-state index contributed by atoms with van der Waals surface area (Å²) in [7, 11) is -5.50. The molecule has 0 radical (unpaired) electrons. The molecule has 13 atom stereocenters. The first-order chi connectivity index (χ1) is 43.4. The minimum absolute atomic E-state index is 0. The molecule has 0 aromatic rings. The van der Waals surface area contributed by atoms with Gasteiger partial charge in [0.25, 0.3) is 0 Å². The Morgan fingerprint density at radius 1 is 0.473 bits per heavy atom. The summed E-state index contributed by atoms with van der Waals surface area (Å²) < 4.78 is 47.7. The Labute approximate surface area is 549 Å². The second-order valence-corrected chi connectivity index (χ2v) is 27.2. The van der Waals surface area contributed by atoms with E-state index < -0.39 is 137 Å². The summed E-state index contributed by atoms with van der Waals surface area (Å²) in [4.78, 5) is 75.4. The Kier molecular flexibility index (Phi) is 52.1. The van der Waals surface area contributed by atoms with E-state index in [9.17, 15) is 64.2 Å². The summed E-state index contributed by atoms with van der Waals surface area (Å²) in [6.07, 6.45) is 22.6. The first-order valence-corrected chi connectivity index (χ1v) is 37.6. The molecule has 22 heteroatoms. The van der Waals surface area contributed by atoms with Gasteiger partial charge in [0.2, 0.25) is 11.8 Å². The maximum Gasteiger partial charge on any atom is 0.470 e. The average molecular weight is 1330 g/mol. The molecule has 2 aliphatic heterocycles. The number of amides is 2. The van der Waals surface area contributed by atoms with Crippen molar-refractivity contribution in [3.63, 3.8) is 0 Å². The number of phosphoric acid groups is 1. The summed E-state index contributed by atoms with van der Waals surface area (Å²) in [6.45, 7) is 7.00. The van der Waals surface area contributed by atoms with E-state index in [4.69, 9.17) is 28.2 Å². The highest BCUT2D eigenvalue weighted by atomic mass is 31.2. The minimum Gasteiger partial charge on any atom is -0.462 e. The SMILES string of the molecule is C.CCCCCCCCCCCCCC(=O)O[C@H](CCCCCCCCCCC)CC(=O)O[C@@H]1C(NC(=O)C[C@H](O)CCCCCCCCCCC)[C@H](OCC2O[C@H](O)C(NC(=O)C[C@H](O)CCCCCCCCCCC)[C@@H](O)[C@@H]2O)OC(CO)[C@H]1OP(=O)(O)O. The van der Waals surface area contributed by atoms with Crippen LogP contribution >= 0.6 is 7.82 Å². The maximum absolute atomic E-state index is 14.4. The van der Waals surface area contributed by atoms with Gasteiger partial charge in [-0.25, -0.2) is 4.57 Å². The number of nitrogens with one attached hydrogen (secondary N) is 2. The fraction of sp³-hybridized carbons (Fsp3) is 0.942. The summed E-state index contributed by atoms with van der Waals surface area (Å²) in [5.41, 5.74) is 0. The van der Waals surface area contributed by atoms with Crippen LogP contribution in [-0.2, 0) is 52.0 Å². The molecule has 2 rings (SSSR count). The molecular weight excluding hydrogens is 1190 g/mol. The summed E-state index contributed by atoms with van der Waals surface area (Å²) in [5, 5.41) is 71.3. The van der Waals surface area contributed by atoms with Crippen LogP contribution < -0.4 is 10.6 Å². The number of aliphatic hydroxyl groups excluding tert-OH is 6. The number of carbonyl (C=O) groups is 4. The highest BCUT2D eigenvalue weighted by molar-refractivity contribution is 7.46. The monoisotopic (exact) mass is 1320 g/mol. The Morgan fingerprint density at radius 3 is 1.26 bits per heavy atom. The molecule has 0 spiro atoms. The molecule has 0 bridgehead atoms. The van der Waals surface area contributed by atoms with Crippen LogP contribution in [0.3, 0.4) is 0 Å². The van der Waals surface area contributed by atoms with Gasteiger partial charge in [-0.15, -0.1) is 0 Å². The first kappa shape index (κ1) is 86.6. The lowest BCUT2D eigenvalue weighted by molar-refractivity contribution is -0.297. The predicted octanol–water partition coefficient (Wildman–Crippen LogP) is 12.4. The Bertz CT molecular complexity index is 1850. The third-order valence-corrected chi connectivity index (χ3v) is 18.1. The summed E-state index contributed by atoms with van der Waals surface area (Å²) in [5.74, 6) is -3.00. The molecule has 2 saturated heterocycles. The standard InChI is InChI=1S/C68H129N2O19P.CH4/c1-5-9-13-17-21-25-26-30-34-38-42-46-59(76)85-54(45-41-37-33-29-24-20-16-12-8-4)49-60(77)88-66-62(70-58(75)48-53(73)44-40-36-32-28-23-19-15-11-7-3)68(87-55(50-71)65(66)89-90(81,82)83)84-51-56-63(78)64(79)61(67(80)86-56)69-57(74)47-52(72)43-39-35-31-27-22-18-14-10-6-2;/h52-56,61-68,71-73,78-80H,5-51H2,1-4H3,(H,69,74)(H,70,75)(H2,81,82,83);1H4/t52-,53-,54-,55?,56?,61?,62?,63-,64-,65-,66-,67+,68-;/m1./s1. The van der Waals surface area contributed by atoms with Gasteiger partial charge >= 0.3 is 19.8 Å². The predicted molar refractivity (Wildman–Crippen MR) is 354 cm³/mol. The van der Waals surface area contributed by atoms with Crippen molar-refractivity contribution in [2.75, 3.05) is 13.2 Å². The quantitative estimate of drug-likeness (QED) is 0.0154. The maximum atomic E-state index is 14.4. The second kappa shape index (κ2) is 54.7. The van der Waals surface area contributed by atoms with E-state index >= 15 is 0 Å². The van der Waals surface area contributed by atoms with Crippen molar-refractivity contribution < 1.29 is 92.4 Å². The van der Waals surface area contributed by atoms with Crippen LogP contribution in [-0.4, -0.2) is 157 Å². The number of ether oxygens (including phenoxy) is 5. The average Bonchev–Trinajstić information content (AvgIpc) is 1.12. The molecule has 2 amide bonds. The van der Waals surface area contributed by atoms with E-state index in [1.807, 2.05) is 0 Å². The number of rotatable bonds is 58. The Balaban J connectivity index is 0.0000414. The molecule has 0 aromatic heterocycles. The highest BCUT2D eigenvalue weighted by Crippen LogP contribution is 2.42. The third-order valence-electron chi connectivity index (χ3n) is 17.6.